The lowest BCUT2D eigenvalue weighted by molar-refractivity contribution is -0.384. The standard InChI is InChI=1S/C16H15FN4O5/c1-26-14-7-10(21(24)25)3-5-13(14)20-15(22)8-19-9-2-4-11(16(18)23)12(17)6-9/h2-7,19H,8H2,1H3,(H2,18,23)(H,20,22). The van der Waals surface area contributed by atoms with E-state index in [0.717, 1.165) is 6.07 Å². The van der Waals surface area contributed by atoms with Gasteiger partial charge < -0.3 is 21.1 Å². The summed E-state index contributed by atoms with van der Waals surface area (Å²) >= 11 is 0. The smallest absolute Gasteiger partial charge is 0.273 e. The van der Waals surface area contributed by atoms with Crippen molar-refractivity contribution in [3.05, 3.63) is 57.9 Å². The molecule has 0 unspecified atom stereocenters. The second kappa shape index (κ2) is 7.92. The molecule has 0 aliphatic carbocycles. The molecule has 2 amide bonds. The molecule has 0 aromatic heterocycles. The van der Waals surface area contributed by atoms with Crippen molar-refractivity contribution in [2.75, 3.05) is 24.3 Å². The van der Waals surface area contributed by atoms with Gasteiger partial charge in [0.25, 0.3) is 11.6 Å². The molecule has 2 rings (SSSR count). The zero-order valence-corrected chi connectivity index (χ0v) is 13.6. The van der Waals surface area contributed by atoms with Crippen LogP contribution >= 0.6 is 0 Å². The van der Waals surface area contributed by atoms with Crippen molar-refractivity contribution in [1.82, 2.24) is 0 Å². The third-order valence-corrected chi connectivity index (χ3v) is 3.36. The number of primary amides is 1. The Bertz CT molecular complexity index is 872. The largest absolute Gasteiger partial charge is 0.494 e. The normalized spacial score (nSPS) is 10.1. The third kappa shape index (κ3) is 4.44. The molecule has 0 bridgehead atoms. The lowest BCUT2D eigenvalue weighted by atomic mass is 10.2. The van der Waals surface area contributed by atoms with Gasteiger partial charge in [-0.15, -0.1) is 0 Å². The van der Waals surface area contributed by atoms with E-state index in [1.807, 2.05) is 0 Å². The van der Waals surface area contributed by atoms with Gasteiger partial charge in [0.2, 0.25) is 5.91 Å². The minimum atomic E-state index is -0.892. The average molecular weight is 362 g/mol. The maximum absolute atomic E-state index is 13.7. The first kappa shape index (κ1) is 18.6. The van der Waals surface area contributed by atoms with Gasteiger partial charge in [0.05, 0.1) is 35.9 Å². The predicted octanol–water partition coefficient (Wildman–Crippen LogP) is 1.89. The Labute approximate surface area is 147 Å². The number of carbonyl (C=O) groups excluding carboxylic acids is 2. The fraction of sp³-hybridized carbons (Fsp3) is 0.125. The number of ether oxygens (including phenoxy) is 1. The summed E-state index contributed by atoms with van der Waals surface area (Å²) in [5.74, 6) is -2.06. The van der Waals surface area contributed by atoms with Crippen molar-refractivity contribution in [3.63, 3.8) is 0 Å². The number of amides is 2. The Morgan fingerprint density at radius 1 is 1.27 bits per heavy atom. The minimum absolute atomic E-state index is 0.129. The van der Waals surface area contributed by atoms with E-state index in [1.165, 1.54) is 37.4 Å². The molecule has 0 fully saturated rings. The summed E-state index contributed by atoms with van der Waals surface area (Å²) in [5, 5.41) is 16.0. The van der Waals surface area contributed by atoms with Gasteiger partial charge in [-0.05, 0) is 24.3 Å². The topological polar surface area (TPSA) is 137 Å². The summed E-state index contributed by atoms with van der Waals surface area (Å²) in [5.41, 5.74) is 5.11. The molecule has 0 atom stereocenters. The van der Waals surface area contributed by atoms with Crippen LogP contribution in [0.15, 0.2) is 36.4 Å². The van der Waals surface area contributed by atoms with Crippen LogP contribution in [0.25, 0.3) is 0 Å². The lowest BCUT2D eigenvalue weighted by Gasteiger charge is -2.11. The summed E-state index contributed by atoms with van der Waals surface area (Å²) < 4.78 is 18.7. The van der Waals surface area contributed by atoms with Crippen LogP contribution in [0.2, 0.25) is 0 Å². The summed E-state index contributed by atoms with van der Waals surface area (Å²) in [4.78, 5) is 33.1. The lowest BCUT2D eigenvalue weighted by Crippen LogP contribution is -2.22. The van der Waals surface area contributed by atoms with E-state index in [1.54, 1.807) is 0 Å². The highest BCUT2D eigenvalue weighted by molar-refractivity contribution is 5.96. The van der Waals surface area contributed by atoms with Crippen LogP contribution < -0.4 is 21.1 Å². The molecule has 9 nitrogen and oxygen atoms in total. The first-order chi connectivity index (χ1) is 12.3. The molecular formula is C16H15FN4O5. The van der Waals surface area contributed by atoms with E-state index < -0.39 is 22.6 Å². The van der Waals surface area contributed by atoms with Crippen molar-refractivity contribution < 1.29 is 23.6 Å². The minimum Gasteiger partial charge on any atom is -0.494 e. The Balaban J connectivity index is 2.02. The second-order valence-corrected chi connectivity index (χ2v) is 5.10. The fourth-order valence-corrected chi connectivity index (χ4v) is 2.10. The van der Waals surface area contributed by atoms with Gasteiger partial charge in [-0.3, -0.25) is 19.7 Å². The predicted molar refractivity (Wildman–Crippen MR) is 91.7 cm³/mol. The van der Waals surface area contributed by atoms with Gasteiger partial charge >= 0.3 is 0 Å². The average Bonchev–Trinajstić information content (AvgIpc) is 2.59. The SMILES string of the molecule is COc1cc([N+](=O)[O-])ccc1NC(=O)CNc1ccc(C(N)=O)c(F)c1. The first-order valence-electron chi connectivity index (χ1n) is 7.27. The first-order valence-corrected chi connectivity index (χ1v) is 7.27. The number of anilines is 2. The summed E-state index contributed by atoms with van der Waals surface area (Å²) in [6.07, 6.45) is 0. The van der Waals surface area contributed by atoms with Crippen molar-refractivity contribution in [1.29, 1.82) is 0 Å². The highest BCUT2D eigenvalue weighted by Crippen LogP contribution is 2.28. The van der Waals surface area contributed by atoms with Gasteiger partial charge in [-0.25, -0.2) is 4.39 Å². The number of nitro benzene ring substituents is 1. The van der Waals surface area contributed by atoms with Crippen molar-refractivity contribution in [3.8, 4) is 5.75 Å². The molecule has 4 N–H and O–H groups in total. The summed E-state index contributed by atoms with van der Waals surface area (Å²) in [6.45, 7) is -0.213. The number of hydrogen-bond acceptors (Lipinski definition) is 6. The second-order valence-electron chi connectivity index (χ2n) is 5.10. The number of hydrogen-bond donors (Lipinski definition) is 3. The molecule has 0 aliphatic rings. The van der Waals surface area contributed by atoms with E-state index in [0.29, 0.717) is 0 Å². The maximum atomic E-state index is 13.7. The highest BCUT2D eigenvalue weighted by Gasteiger charge is 2.14. The highest BCUT2D eigenvalue weighted by atomic mass is 19.1. The Hall–Kier alpha value is -3.69. The van der Waals surface area contributed by atoms with Crippen molar-refractivity contribution >= 4 is 28.9 Å². The Morgan fingerprint density at radius 3 is 2.58 bits per heavy atom. The molecule has 10 heteroatoms. The number of nitrogens with zero attached hydrogens (tertiary/aromatic N) is 1. The quantitative estimate of drug-likeness (QED) is 0.508. The molecule has 136 valence electrons. The molecule has 0 radical (unpaired) electrons. The van der Waals surface area contributed by atoms with E-state index in [-0.39, 0.29) is 34.9 Å². The number of halogens is 1. The number of nitro groups is 1. The van der Waals surface area contributed by atoms with Gasteiger partial charge in [0, 0.05) is 11.8 Å². The molecular weight excluding hydrogens is 347 g/mol. The number of carbonyl (C=O) groups is 2. The molecule has 0 spiro atoms. The molecule has 0 saturated heterocycles. The summed E-state index contributed by atoms with van der Waals surface area (Å²) in [7, 11) is 1.32. The number of nitrogens with two attached hydrogens (primary N) is 1. The van der Waals surface area contributed by atoms with E-state index in [4.69, 9.17) is 10.5 Å². The van der Waals surface area contributed by atoms with Crippen LogP contribution in [-0.2, 0) is 4.79 Å². The van der Waals surface area contributed by atoms with Crippen molar-refractivity contribution in [2.45, 2.75) is 0 Å². The number of non-ortho nitro benzene ring substituents is 1. The summed E-state index contributed by atoms with van der Waals surface area (Å²) in [6, 6.07) is 7.40. The van der Waals surface area contributed by atoms with Crippen LogP contribution in [0, 0.1) is 15.9 Å². The van der Waals surface area contributed by atoms with Crippen LogP contribution in [0.3, 0.4) is 0 Å². The van der Waals surface area contributed by atoms with Gasteiger partial charge in [0.1, 0.15) is 11.6 Å². The Kier molecular flexibility index (Phi) is 5.68. The van der Waals surface area contributed by atoms with Crippen LogP contribution in [-0.4, -0.2) is 30.4 Å². The monoisotopic (exact) mass is 362 g/mol. The van der Waals surface area contributed by atoms with Crippen LogP contribution in [0.5, 0.6) is 5.75 Å². The van der Waals surface area contributed by atoms with E-state index in [2.05, 4.69) is 10.6 Å². The molecule has 2 aromatic rings. The molecule has 2 aromatic carbocycles. The van der Waals surface area contributed by atoms with Gasteiger partial charge in [0.15, 0.2) is 0 Å². The maximum Gasteiger partial charge on any atom is 0.273 e. The zero-order chi connectivity index (χ0) is 19.3. The fourth-order valence-electron chi connectivity index (χ4n) is 2.10. The number of benzene rings is 2. The van der Waals surface area contributed by atoms with Gasteiger partial charge in [-0.1, -0.05) is 0 Å². The number of nitrogens with one attached hydrogen (secondary N) is 2. The Morgan fingerprint density at radius 2 is 2.00 bits per heavy atom. The van der Waals surface area contributed by atoms with Gasteiger partial charge in [-0.2, -0.15) is 0 Å². The molecule has 26 heavy (non-hydrogen) atoms. The van der Waals surface area contributed by atoms with E-state index in [9.17, 15) is 24.1 Å². The molecule has 0 saturated carbocycles. The third-order valence-electron chi connectivity index (χ3n) is 3.36. The zero-order valence-electron chi connectivity index (χ0n) is 13.6. The van der Waals surface area contributed by atoms with Crippen molar-refractivity contribution in [2.24, 2.45) is 5.73 Å². The van der Waals surface area contributed by atoms with E-state index >= 15 is 0 Å². The van der Waals surface area contributed by atoms with Crippen LogP contribution in [0.1, 0.15) is 10.4 Å². The molecule has 0 aliphatic heterocycles. The molecule has 0 heterocycles. The number of rotatable bonds is 7. The van der Waals surface area contributed by atoms with Crippen LogP contribution in [0.4, 0.5) is 21.5 Å². The number of methoxy groups -OCH3 is 1.